The van der Waals surface area contributed by atoms with Gasteiger partial charge in [0, 0.05) is 18.8 Å². The maximum Gasteiger partial charge on any atom is 0.141 e. The van der Waals surface area contributed by atoms with Gasteiger partial charge in [-0.3, -0.25) is 4.98 Å². The molecular formula is C13H11ClFNO. The van der Waals surface area contributed by atoms with Crippen LogP contribution in [0.3, 0.4) is 0 Å². The van der Waals surface area contributed by atoms with E-state index in [0.717, 1.165) is 11.1 Å². The van der Waals surface area contributed by atoms with E-state index in [0.29, 0.717) is 6.42 Å². The summed E-state index contributed by atoms with van der Waals surface area (Å²) < 4.78 is 13.0. The fourth-order valence-corrected chi connectivity index (χ4v) is 1.78. The third kappa shape index (κ3) is 3.02. The predicted octanol–water partition coefficient (Wildman–Crippen LogP) is 3.15. The normalized spacial score (nSPS) is 12.4. The molecule has 0 aliphatic heterocycles. The minimum absolute atomic E-state index is 0.0703. The van der Waals surface area contributed by atoms with Crippen LogP contribution in [0.5, 0.6) is 0 Å². The van der Waals surface area contributed by atoms with E-state index >= 15 is 0 Å². The van der Waals surface area contributed by atoms with E-state index in [1.165, 1.54) is 12.1 Å². The average Bonchev–Trinajstić information content (AvgIpc) is 2.35. The number of aliphatic hydroxyl groups is 1. The van der Waals surface area contributed by atoms with Crippen LogP contribution in [0, 0.1) is 5.82 Å². The van der Waals surface area contributed by atoms with Gasteiger partial charge >= 0.3 is 0 Å². The first-order valence-corrected chi connectivity index (χ1v) is 5.56. The number of halogens is 2. The second-order valence-electron chi connectivity index (χ2n) is 3.75. The highest BCUT2D eigenvalue weighted by atomic mass is 35.5. The zero-order chi connectivity index (χ0) is 12.3. The molecular weight excluding hydrogens is 241 g/mol. The number of nitrogens with zero attached hydrogens (tertiary/aromatic N) is 1. The van der Waals surface area contributed by atoms with Crippen molar-refractivity contribution in [3.8, 4) is 0 Å². The van der Waals surface area contributed by atoms with Crippen molar-refractivity contribution in [2.45, 2.75) is 12.5 Å². The Bertz CT molecular complexity index is 504. The van der Waals surface area contributed by atoms with Gasteiger partial charge < -0.3 is 5.11 Å². The van der Waals surface area contributed by atoms with Crippen molar-refractivity contribution >= 4 is 11.6 Å². The number of hydrogen-bond acceptors (Lipinski definition) is 2. The molecule has 1 atom stereocenters. The molecule has 1 N–H and O–H groups in total. The highest BCUT2D eigenvalue weighted by Crippen LogP contribution is 2.21. The SMILES string of the molecule is OC(Cc1ccc(F)c(Cl)c1)c1cccnc1. The van der Waals surface area contributed by atoms with Gasteiger partial charge in [0.05, 0.1) is 11.1 Å². The van der Waals surface area contributed by atoms with Crippen LogP contribution in [0.2, 0.25) is 5.02 Å². The van der Waals surface area contributed by atoms with E-state index in [-0.39, 0.29) is 5.02 Å². The Balaban J connectivity index is 2.13. The maximum absolute atomic E-state index is 13.0. The molecule has 0 bridgehead atoms. The van der Waals surface area contributed by atoms with Crippen molar-refractivity contribution in [1.29, 1.82) is 0 Å². The Morgan fingerprint density at radius 3 is 2.82 bits per heavy atom. The summed E-state index contributed by atoms with van der Waals surface area (Å²) in [6.07, 6.45) is 2.97. The molecule has 2 nitrogen and oxygen atoms in total. The van der Waals surface area contributed by atoms with Crippen LogP contribution in [-0.4, -0.2) is 10.1 Å². The number of rotatable bonds is 3. The number of hydrogen-bond donors (Lipinski definition) is 1. The number of pyridine rings is 1. The number of aliphatic hydroxyl groups excluding tert-OH is 1. The molecule has 1 aromatic carbocycles. The zero-order valence-corrected chi connectivity index (χ0v) is 9.73. The van der Waals surface area contributed by atoms with E-state index in [1.54, 1.807) is 30.6 Å². The largest absolute Gasteiger partial charge is 0.388 e. The summed E-state index contributed by atoms with van der Waals surface area (Å²) in [4.78, 5) is 3.93. The van der Waals surface area contributed by atoms with E-state index in [4.69, 9.17) is 11.6 Å². The van der Waals surface area contributed by atoms with Crippen LogP contribution in [0.1, 0.15) is 17.2 Å². The summed E-state index contributed by atoms with van der Waals surface area (Å²) in [5.74, 6) is -0.453. The Kier molecular flexibility index (Phi) is 3.71. The van der Waals surface area contributed by atoms with Crippen molar-refractivity contribution in [3.05, 3.63) is 64.7 Å². The summed E-state index contributed by atoms with van der Waals surface area (Å²) in [5, 5.41) is 10.0. The molecule has 1 heterocycles. The van der Waals surface area contributed by atoms with Gasteiger partial charge in [-0.05, 0) is 29.3 Å². The van der Waals surface area contributed by atoms with Crippen LogP contribution >= 0.6 is 11.6 Å². The van der Waals surface area contributed by atoms with Gasteiger partial charge in [0.25, 0.3) is 0 Å². The Hall–Kier alpha value is -1.45. The van der Waals surface area contributed by atoms with Crippen molar-refractivity contribution in [2.75, 3.05) is 0 Å². The molecule has 0 aliphatic carbocycles. The van der Waals surface area contributed by atoms with Crippen LogP contribution in [0.25, 0.3) is 0 Å². The van der Waals surface area contributed by atoms with Crippen molar-refractivity contribution in [2.24, 2.45) is 0 Å². The van der Waals surface area contributed by atoms with Gasteiger partial charge in [0.2, 0.25) is 0 Å². The number of benzene rings is 1. The van der Waals surface area contributed by atoms with Crippen LogP contribution in [-0.2, 0) is 6.42 Å². The van der Waals surface area contributed by atoms with Crippen LogP contribution in [0.4, 0.5) is 4.39 Å². The molecule has 0 radical (unpaired) electrons. The molecule has 1 aromatic heterocycles. The van der Waals surface area contributed by atoms with E-state index < -0.39 is 11.9 Å². The lowest BCUT2D eigenvalue weighted by Crippen LogP contribution is -2.02. The molecule has 1 unspecified atom stereocenters. The molecule has 0 spiro atoms. The maximum atomic E-state index is 13.0. The Morgan fingerprint density at radius 2 is 2.18 bits per heavy atom. The second kappa shape index (κ2) is 5.25. The van der Waals surface area contributed by atoms with E-state index in [1.807, 2.05) is 0 Å². The van der Waals surface area contributed by atoms with Gasteiger partial charge in [-0.1, -0.05) is 23.7 Å². The molecule has 17 heavy (non-hydrogen) atoms. The molecule has 0 amide bonds. The monoisotopic (exact) mass is 251 g/mol. The predicted molar refractivity (Wildman–Crippen MR) is 64.3 cm³/mol. The van der Waals surface area contributed by atoms with Crippen LogP contribution in [0.15, 0.2) is 42.7 Å². The standard InChI is InChI=1S/C13H11ClFNO/c14-11-6-9(3-4-12(11)15)7-13(17)10-2-1-5-16-8-10/h1-6,8,13,17H,7H2. The Labute approximate surface area is 104 Å². The highest BCUT2D eigenvalue weighted by Gasteiger charge is 2.09. The first-order valence-electron chi connectivity index (χ1n) is 5.19. The summed E-state index contributed by atoms with van der Waals surface area (Å²) in [7, 11) is 0. The molecule has 0 saturated heterocycles. The fraction of sp³-hybridized carbons (Fsp3) is 0.154. The van der Waals surface area contributed by atoms with Crippen molar-refractivity contribution in [1.82, 2.24) is 4.98 Å². The van der Waals surface area contributed by atoms with E-state index in [2.05, 4.69) is 4.98 Å². The average molecular weight is 252 g/mol. The van der Waals surface area contributed by atoms with Gasteiger partial charge in [-0.2, -0.15) is 0 Å². The van der Waals surface area contributed by atoms with Gasteiger partial charge in [0.15, 0.2) is 0 Å². The lowest BCUT2D eigenvalue weighted by Gasteiger charge is -2.10. The first kappa shape index (κ1) is 12.0. The van der Waals surface area contributed by atoms with Gasteiger partial charge in [0.1, 0.15) is 5.82 Å². The molecule has 2 rings (SSSR count). The molecule has 0 fully saturated rings. The zero-order valence-electron chi connectivity index (χ0n) is 8.98. The second-order valence-corrected chi connectivity index (χ2v) is 4.16. The highest BCUT2D eigenvalue weighted by molar-refractivity contribution is 6.30. The van der Waals surface area contributed by atoms with Gasteiger partial charge in [-0.15, -0.1) is 0 Å². The third-order valence-corrected chi connectivity index (χ3v) is 2.77. The smallest absolute Gasteiger partial charge is 0.141 e. The molecule has 88 valence electrons. The van der Waals surface area contributed by atoms with E-state index in [9.17, 15) is 9.50 Å². The summed E-state index contributed by atoms with van der Waals surface area (Å²) >= 11 is 5.67. The summed E-state index contributed by atoms with van der Waals surface area (Å²) in [6.45, 7) is 0. The quantitative estimate of drug-likeness (QED) is 0.909. The van der Waals surface area contributed by atoms with Crippen molar-refractivity contribution in [3.63, 3.8) is 0 Å². The molecule has 4 heteroatoms. The van der Waals surface area contributed by atoms with Crippen molar-refractivity contribution < 1.29 is 9.50 Å². The first-order chi connectivity index (χ1) is 8.16. The fourth-order valence-electron chi connectivity index (χ4n) is 1.58. The lowest BCUT2D eigenvalue weighted by molar-refractivity contribution is 0.178. The molecule has 2 aromatic rings. The molecule has 0 aliphatic rings. The third-order valence-electron chi connectivity index (χ3n) is 2.48. The lowest BCUT2D eigenvalue weighted by atomic mass is 10.0. The minimum atomic E-state index is -0.662. The van der Waals surface area contributed by atoms with Gasteiger partial charge in [-0.25, -0.2) is 4.39 Å². The minimum Gasteiger partial charge on any atom is -0.388 e. The number of aromatic nitrogens is 1. The Morgan fingerprint density at radius 1 is 1.35 bits per heavy atom. The van der Waals surface area contributed by atoms with Crippen LogP contribution < -0.4 is 0 Å². The summed E-state index contributed by atoms with van der Waals surface area (Å²) in [5.41, 5.74) is 1.51. The topological polar surface area (TPSA) is 33.1 Å². The summed E-state index contributed by atoms with van der Waals surface area (Å²) in [6, 6.07) is 7.99. The molecule has 0 saturated carbocycles.